The summed E-state index contributed by atoms with van der Waals surface area (Å²) in [6.07, 6.45) is 5.68. The zero-order valence-electron chi connectivity index (χ0n) is 14.9. The van der Waals surface area contributed by atoms with Gasteiger partial charge in [-0.25, -0.2) is 4.98 Å². The molecule has 1 N–H and O–H groups in total. The van der Waals surface area contributed by atoms with E-state index in [1.807, 2.05) is 35.1 Å². The van der Waals surface area contributed by atoms with Crippen molar-refractivity contribution in [2.45, 2.75) is 6.54 Å². The maximum Gasteiger partial charge on any atom is 0.157 e. The van der Waals surface area contributed by atoms with E-state index < -0.39 is 0 Å². The fourth-order valence-electron chi connectivity index (χ4n) is 3.48. The Labute approximate surface area is 156 Å². The number of morpholine rings is 1. The second-order valence-electron chi connectivity index (χ2n) is 6.57. The summed E-state index contributed by atoms with van der Waals surface area (Å²) in [5.41, 5.74) is 3.98. The number of rotatable bonds is 4. The molecule has 3 aromatic heterocycles. The molecule has 0 bridgehead atoms. The maximum atomic E-state index is 5.47. The van der Waals surface area contributed by atoms with Crippen molar-refractivity contribution in [2.75, 3.05) is 31.2 Å². The molecule has 4 aromatic rings. The van der Waals surface area contributed by atoms with Crippen molar-refractivity contribution in [3.8, 4) is 0 Å². The van der Waals surface area contributed by atoms with Crippen LogP contribution >= 0.6 is 0 Å². The van der Waals surface area contributed by atoms with Crippen LogP contribution in [0.15, 0.2) is 53.8 Å². The van der Waals surface area contributed by atoms with Crippen LogP contribution in [0.3, 0.4) is 0 Å². The SMILES string of the molecule is C(=NCc1cc(N2CCOCC2)n2nccc2n1)c1c[nH]c2ccccc12. The van der Waals surface area contributed by atoms with Crippen LogP contribution in [0.1, 0.15) is 11.3 Å². The van der Waals surface area contributed by atoms with Gasteiger partial charge < -0.3 is 14.6 Å². The smallest absolute Gasteiger partial charge is 0.157 e. The quantitative estimate of drug-likeness (QED) is 0.568. The lowest BCUT2D eigenvalue weighted by Gasteiger charge is -2.29. The first-order valence-electron chi connectivity index (χ1n) is 9.11. The van der Waals surface area contributed by atoms with E-state index in [1.165, 1.54) is 5.39 Å². The summed E-state index contributed by atoms with van der Waals surface area (Å²) in [7, 11) is 0. The van der Waals surface area contributed by atoms with E-state index in [2.05, 4.69) is 38.2 Å². The highest BCUT2D eigenvalue weighted by atomic mass is 16.5. The largest absolute Gasteiger partial charge is 0.378 e. The summed E-state index contributed by atoms with van der Waals surface area (Å²) >= 11 is 0. The summed E-state index contributed by atoms with van der Waals surface area (Å²) in [6.45, 7) is 3.71. The number of para-hydroxylation sites is 1. The molecule has 0 aliphatic carbocycles. The van der Waals surface area contributed by atoms with Crippen LogP contribution in [0.5, 0.6) is 0 Å². The van der Waals surface area contributed by atoms with Crippen LogP contribution < -0.4 is 4.90 Å². The van der Waals surface area contributed by atoms with Crippen molar-refractivity contribution < 1.29 is 4.74 Å². The van der Waals surface area contributed by atoms with Gasteiger partial charge in [-0.1, -0.05) is 18.2 Å². The van der Waals surface area contributed by atoms with Gasteiger partial charge in [0.1, 0.15) is 5.82 Å². The van der Waals surface area contributed by atoms with Gasteiger partial charge in [0.2, 0.25) is 0 Å². The zero-order chi connectivity index (χ0) is 18.1. The Morgan fingerprint density at radius 1 is 1.19 bits per heavy atom. The number of nitrogens with zero attached hydrogens (tertiary/aromatic N) is 5. The molecule has 1 aliphatic heterocycles. The molecule has 7 heteroatoms. The summed E-state index contributed by atoms with van der Waals surface area (Å²) in [6, 6.07) is 12.2. The molecule has 1 fully saturated rings. The molecule has 136 valence electrons. The van der Waals surface area contributed by atoms with E-state index in [4.69, 9.17) is 9.72 Å². The number of hydrogen-bond donors (Lipinski definition) is 1. The molecule has 0 atom stereocenters. The molecule has 1 aliphatic rings. The van der Waals surface area contributed by atoms with Crippen molar-refractivity contribution in [3.63, 3.8) is 0 Å². The molecule has 0 amide bonds. The third kappa shape index (κ3) is 3.06. The summed E-state index contributed by atoms with van der Waals surface area (Å²) in [4.78, 5) is 14.9. The van der Waals surface area contributed by atoms with Crippen molar-refractivity contribution in [2.24, 2.45) is 4.99 Å². The normalized spacial score (nSPS) is 15.3. The molecule has 27 heavy (non-hydrogen) atoms. The first-order chi connectivity index (χ1) is 13.4. The molecule has 0 radical (unpaired) electrons. The zero-order valence-corrected chi connectivity index (χ0v) is 14.9. The first kappa shape index (κ1) is 16.0. The summed E-state index contributed by atoms with van der Waals surface area (Å²) in [5, 5.41) is 5.59. The topological polar surface area (TPSA) is 70.8 Å². The Morgan fingerprint density at radius 2 is 2.07 bits per heavy atom. The predicted octanol–water partition coefficient (Wildman–Crippen LogP) is 2.67. The Bertz CT molecular complexity index is 1110. The van der Waals surface area contributed by atoms with Crippen LogP contribution in [0.4, 0.5) is 5.82 Å². The monoisotopic (exact) mass is 360 g/mol. The number of nitrogens with one attached hydrogen (secondary N) is 1. The predicted molar refractivity (Wildman–Crippen MR) is 106 cm³/mol. The number of ether oxygens (including phenoxy) is 1. The van der Waals surface area contributed by atoms with Crippen molar-refractivity contribution >= 4 is 28.6 Å². The molecule has 1 saturated heterocycles. The van der Waals surface area contributed by atoms with Crippen LogP contribution in [-0.4, -0.2) is 52.1 Å². The van der Waals surface area contributed by atoms with E-state index in [0.717, 1.165) is 54.5 Å². The van der Waals surface area contributed by atoms with Crippen molar-refractivity contribution in [1.29, 1.82) is 0 Å². The molecular weight excluding hydrogens is 340 g/mol. The number of fused-ring (bicyclic) bond motifs is 2. The summed E-state index contributed by atoms with van der Waals surface area (Å²) in [5.74, 6) is 1.05. The third-order valence-electron chi connectivity index (χ3n) is 4.83. The van der Waals surface area contributed by atoms with Gasteiger partial charge in [-0.15, -0.1) is 0 Å². The third-order valence-corrected chi connectivity index (χ3v) is 4.83. The lowest BCUT2D eigenvalue weighted by molar-refractivity contribution is 0.122. The van der Waals surface area contributed by atoms with Gasteiger partial charge in [-0.05, 0) is 6.07 Å². The lowest BCUT2D eigenvalue weighted by Crippen LogP contribution is -2.37. The number of H-pyrrole nitrogens is 1. The number of anilines is 1. The van der Waals surface area contributed by atoms with Gasteiger partial charge in [-0.2, -0.15) is 9.61 Å². The van der Waals surface area contributed by atoms with Crippen LogP contribution in [0.2, 0.25) is 0 Å². The molecule has 5 rings (SSSR count). The molecule has 1 aromatic carbocycles. The van der Waals surface area contributed by atoms with E-state index in [-0.39, 0.29) is 0 Å². The minimum atomic E-state index is 0.526. The number of hydrogen-bond acceptors (Lipinski definition) is 5. The van der Waals surface area contributed by atoms with E-state index in [1.54, 1.807) is 6.20 Å². The second-order valence-corrected chi connectivity index (χ2v) is 6.57. The van der Waals surface area contributed by atoms with Gasteiger partial charge in [0.05, 0.1) is 31.6 Å². The van der Waals surface area contributed by atoms with Crippen LogP contribution in [0.25, 0.3) is 16.6 Å². The fraction of sp³-hybridized carbons (Fsp3) is 0.250. The molecular formula is C20H20N6O. The Kier molecular flexibility index (Phi) is 4.06. The highest BCUT2D eigenvalue weighted by Gasteiger charge is 2.16. The van der Waals surface area contributed by atoms with Crippen LogP contribution in [0, 0.1) is 0 Å². The van der Waals surface area contributed by atoms with E-state index in [9.17, 15) is 0 Å². The number of aromatic nitrogens is 4. The first-order valence-corrected chi connectivity index (χ1v) is 9.11. The lowest BCUT2D eigenvalue weighted by atomic mass is 10.2. The highest BCUT2D eigenvalue weighted by Crippen LogP contribution is 2.19. The highest BCUT2D eigenvalue weighted by molar-refractivity contribution is 5.98. The Balaban J connectivity index is 1.43. The molecule has 4 heterocycles. The molecule has 0 unspecified atom stereocenters. The van der Waals surface area contributed by atoms with Gasteiger partial charge in [0.25, 0.3) is 0 Å². The standard InChI is InChI=1S/C20H20N6O/c1-2-4-18-17(3-1)15(13-22-18)12-21-14-16-11-20(25-7-9-27-10-8-25)26-19(24-16)5-6-23-26/h1-6,11-13,22H,7-10,14H2. The van der Waals surface area contributed by atoms with Gasteiger partial charge in [0.15, 0.2) is 5.65 Å². The van der Waals surface area contributed by atoms with Crippen LogP contribution in [-0.2, 0) is 11.3 Å². The number of benzene rings is 1. The average molecular weight is 360 g/mol. The fourth-order valence-corrected chi connectivity index (χ4v) is 3.48. The number of aliphatic imine (C=N–C) groups is 1. The van der Waals surface area contributed by atoms with E-state index in [0.29, 0.717) is 6.54 Å². The Hall–Kier alpha value is -3.19. The molecule has 0 saturated carbocycles. The summed E-state index contributed by atoms with van der Waals surface area (Å²) < 4.78 is 7.36. The molecule has 7 nitrogen and oxygen atoms in total. The van der Waals surface area contributed by atoms with Crippen molar-refractivity contribution in [1.82, 2.24) is 19.6 Å². The minimum absolute atomic E-state index is 0.526. The van der Waals surface area contributed by atoms with Crippen molar-refractivity contribution in [3.05, 3.63) is 60.0 Å². The molecule has 0 spiro atoms. The Morgan fingerprint density at radius 3 is 3.00 bits per heavy atom. The number of aromatic amines is 1. The maximum absolute atomic E-state index is 5.47. The minimum Gasteiger partial charge on any atom is -0.378 e. The van der Waals surface area contributed by atoms with Gasteiger partial charge in [0, 0.05) is 54.1 Å². The van der Waals surface area contributed by atoms with Gasteiger partial charge in [-0.3, -0.25) is 4.99 Å². The van der Waals surface area contributed by atoms with E-state index >= 15 is 0 Å². The second kappa shape index (κ2) is 6.85. The van der Waals surface area contributed by atoms with Gasteiger partial charge >= 0.3 is 0 Å². The average Bonchev–Trinajstić information content (AvgIpc) is 3.35.